The van der Waals surface area contributed by atoms with Crippen molar-refractivity contribution in [2.24, 2.45) is 0 Å². The van der Waals surface area contributed by atoms with E-state index in [9.17, 15) is 8.42 Å². The molecule has 0 spiro atoms. The number of nitrogens with zero attached hydrogens (tertiary/aromatic N) is 2. The highest BCUT2D eigenvalue weighted by Crippen LogP contribution is 2.29. The third-order valence-corrected chi connectivity index (χ3v) is 5.90. The lowest BCUT2D eigenvalue weighted by Crippen LogP contribution is -2.19. The van der Waals surface area contributed by atoms with Crippen molar-refractivity contribution in [3.8, 4) is 5.75 Å². The van der Waals surface area contributed by atoms with Crippen LogP contribution in [0, 0.1) is 13.8 Å². The highest BCUT2D eigenvalue weighted by molar-refractivity contribution is 7.92. The molecule has 1 aliphatic heterocycles. The van der Waals surface area contributed by atoms with Gasteiger partial charge in [0.15, 0.2) is 0 Å². The summed E-state index contributed by atoms with van der Waals surface area (Å²) in [6, 6.07) is 6.95. The Morgan fingerprint density at radius 3 is 2.40 bits per heavy atom. The molecule has 0 aliphatic carbocycles. The van der Waals surface area contributed by atoms with Crippen LogP contribution in [0.25, 0.3) is 0 Å². The Balaban J connectivity index is 1.85. The summed E-state index contributed by atoms with van der Waals surface area (Å²) in [7, 11) is -2.29. The second kappa shape index (κ2) is 6.92. The number of nitrogens with one attached hydrogen (secondary N) is 1. The molecular formula is C18H23N3O3S. The van der Waals surface area contributed by atoms with Crippen molar-refractivity contribution in [3.05, 3.63) is 41.6 Å². The molecule has 0 unspecified atom stereocenters. The Bertz CT molecular complexity index is 858. The van der Waals surface area contributed by atoms with Crippen molar-refractivity contribution < 1.29 is 13.2 Å². The van der Waals surface area contributed by atoms with E-state index in [4.69, 9.17) is 4.74 Å². The number of methoxy groups -OCH3 is 1. The van der Waals surface area contributed by atoms with Gasteiger partial charge >= 0.3 is 0 Å². The van der Waals surface area contributed by atoms with Crippen LogP contribution in [0.3, 0.4) is 0 Å². The quantitative estimate of drug-likeness (QED) is 0.886. The molecule has 0 saturated carbocycles. The summed E-state index contributed by atoms with van der Waals surface area (Å²) < 4.78 is 33.3. The fraction of sp³-hybridized carbons (Fsp3) is 0.389. The molecule has 0 atom stereocenters. The molecule has 1 aromatic carbocycles. The highest BCUT2D eigenvalue weighted by Gasteiger charge is 2.21. The van der Waals surface area contributed by atoms with Gasteiger partial charge in [-0.3, -0.25) is 4.72 Å². The van der Waals surface area contributed by atoms with E-state index < -0.39 is 10.0 Å². The first kappa shape index (κ1) is 17.5. The second-order valence-corrected chi connectivity index (χ2v) is 7.94. The van der Waals surface area contributed by atoms with Gasteiger partial charge in [-0.15, -0.1) is 0 Å². The summed E-state index contributed by atoms with van der Waals surface area (Å²) in [6.45, 7) is 5.79. The third kappa shape index (κ3) is 3.71. The molecule has 1 aromatic heterocycles. The van der Waals surface area contributed by atoms with Crippen LogP contribution >= 0.6 is 0 Å². The molecule has 3 rings (SSSR count). The van der Waals surface area contributed by atoms with E-state index in [1.165, 1.54) is 20.0 Å². The molecule has 1 fully saturated rings. The molecule has 2 heterocycles. The average Bonchev–Trinajstić information content (AvgIpc) is 3.11. The molecule has 0 amide bonds. The van der Waals surface area contributed by atoms with Crippen LogP contribution < -0.4 is 14.4 Å². The van der Waals surface area contributed by atoms with Crippen LogP contribution in [0.1, 0.15) is 24.0 Å². The summed E-state index contributed by atoms with van der Waals surface area (Å²) in [5.74, 6) is 1.21. The summed E-state index contributed by atoms with van der Waals surface area (Å²) >= 11 is 0. The SMILES string of the molecule is COc1cc(C)c(C)cc1S(=O)(=O)Nc1ccc(N2CCCC2)nc1. The Morgan fingerprint density at radius 2 is 1.80 bits per heavy atom. The first-order valence-electron chi connectivity index (χ1n) is 8.30. The van der Waals surface area contributed by atoms with Crippen molar-refractivity contribution in [1.29, 1.82) is 0 Å². The van der Waals surface area contributed by atoms with E-state index in [2.05, 4.69) is 14.6 Å². The minimum atomic E-state index is -3.76. The number of sulfonamides is 1. The summed E-state index contributed by atoms with van der Waals surface area (Å²) in [4.78, 5) is 6.71. The lowest BCUT2D eigenvalue weighted by molar-refractivity contribution is 0.402. The molecule has 0 bridgehead atoms. The number of anilines is 2. The molecule has 6 nitrogen and oxygen atoms in total. The smallest absolute Gasteiger partial charge is 0.265 e. The number of hydrogen-bond acceptors (Lipinski definition) is 5. The minimum absolute atomic E-state index is 0.127. The zero-order valence-corrected chi connectivity index (χ0v) is 15.6. The van der Waals surface area contributed by atoms with Crippen molar-refractivity contribution in [2.75, 3.05) is 29.8 Å². The van der Waals surface area contributed by atoms with Crippen LogP contribution in [0.2, 0.25) is 0 Å². The minimum Gasteiger partial charge on any atom is -0.495 e. The molecule has 1 N–H and O–H groups in total. The van der Waals surface area contributed by atoms with Gasteiger partial charge in [0, 0.05) is 13.1 Å². The van der Waals surface area contributed by atoms with E-state index in [0.717, 1.165) is 30.0 Å². The average molecular weight is 361 g/mol. The van der Waals surface area contributed by atoms with Crippen LogP contribution in [0.15, 0.2) is 35.4 Å². The van der Waals surface area contributed by atoms with Crippen molar-refractivity contribution >= 4 is 21.5 Å². The number of aryl methyl sites for hydroxylation is 2. The maximum absolute atomic E-state index is 12.8. The maximum atomic E-state index is 12.8. The maximum Gasteiger partial charge on any atom is 0.265 e. The third-order valence-electron chi connectivity index (χ3n) is 4.50. The van der Waals surface area contributed by atoms with Gasteiger partial charge in [-0.25, -0.2) is 13.4 Å². The van der Waals surface area contributed by atoms with Gasteiger partial charge < -0.3 is 9.64 Å². The standard InChI is InChI=1S/C18H23N3O3S/c1-13-10-16(24-3)17(11-14(13)2)25(22,23)20-15-6-7-18(19-12-15)21-8-4-5-9-21/h6-7,10-12,20H,4-5,8-9H2,1-3H3. The molecule has 2 aromatic rings. The summed E-state index contributed by atoms with van der Waals surface area (Å²) in [5.41, 5.74) is 2.30. The van der Waals surface area contributed by atoms with Crippen molar-refractivity contribution in [3.63, 3.8) is 0 Å². The monoisotopic (exact) mass is 361 g/mol. The molecule has 25 heavy (non-hydrogen) atoms. The molecule has 0 radical (unpaired) electrons. The lowest BCUT2D eigenvalue weighted by Gasteiger charge is -2.17. The zero-order valence-electron chi connectivity index (χ0n) is 14.7. The Hall–Kier alpha value is -2.28. The van der Waals surface area contributed by atoms with Gasteiger partial charge in [0.05, 0.1) is 19.0 Å². The predicted octanol–water partition coefficient (Wildman–Crippen LogP) is 3.11. The Kier molecular flexibility index (Phi) is 4.85. The van der Waals surface area contributed by atoms with Gasteiger partial charge in [-0.05, 0) is 62.1 Å². The van der Waals surface area contributed by atoms with Crippen LogP contribution in [-0.4, -0.2) is 33.6 Å². The van der Waals surface area contributed by atoms with Crippen molar-refractivity contribution in [2.45, 2.75) is 31.6 Å². The molecule has 1 aliphatic rings. The van der Waals surface area contributed by atoms with Crippen LogP contribution in [-0.2, 0) is 10.0 Å². The molecular weight excluding hydrogens is 338 g/mol. The highest BCUT2D eigenvalue weighted by atomic mass is 32.2. The molecule has 134 valence electrons. The molecule has 7 heteroatoms. The number of rotatable bonds is 5. The first-order valence-corrected chi connectivity index (χ1v) is 9.78. The zero-order chi connectivity index (χ0) is 18.0. The lowest BCUT2D eigenvalue weighted by atomic mass is 10.1. The number of aromatic nitrogens is 1. The summed E-state index contributed by atoms with van der Waals surface area (Å²) in [5, 5.41) is 0. The number of benzene rings is 1. The van der Waals surface area contributed by atoms with Crippen LogP contribution in [0.4, 0.5) is 11.5 Å². The van der Waals surface area contributed by atoms with Gasteiger partial charge in [0.2, 0.25) is 0 Å². The van der Waals surface area contributed by atoms with Crippen LogP contribution in [0.5, 0.6) is 5.75 Å². The predicted molar refractivity (Wildman–Crippen MR) is 99.0 cm³/mol. The number of ether oxygens (including phenoxy) is 1. The Morgan fingerprint density at radius 1 is 1.12 bits per heavy atom. The molecule has 1 saturated heterocycles. The van der Waals surface area contributed by atoms with Gasteiger partial charge in [-0.1, -0.05) is 0 Å². The largest absolute Gasteiger partial charge is 0.495 e. The van der Waals surface area contributed by atoms with E-state index in [0.29, 0.717) is 11.4 Å². The topological polar surface area (TPSA) is 71.5 Å². The fourth-order valence-electron chi connectivity index (χ4n) is 2.92. The van der Waals surface area contributed by atoms with Crippen molar-refractivity contribution in [1.82, 2.24) is 4.98 Å². The number of pyridine rings is 1. The van der Waals surface area contributed by atoms with Gasteiger partial charge in [0.25, 0.3) is 10.0 Å². The van der Waals surface area contributed by atoms with E-state index in [-0.39, 0.29) is 4.90 Å². The fourth-order valence-corrected chi connectivity index (χ4v) is 4.20. The van der Waals surface area contributed by atoms with Gasteiger partial charge in [-0.2, -0.15) is 0 Å². The normalized spacial score (nSPS) is 14.6. The Labute approximate surface area is 148 Å². The number of hydrogen-bond donors (Lipinski definition) is 1. The van der Waals surface area contributed by atoms with E-state index in [1.54, 1.807) is 24.4 Å². The van der Waals surface area contributed by atoms with E-state index >= 15 is 0 Å². The van der Waals surface area contributed by atoms with E-state index in [1.807, 2.05) is 19.9 Å². The second-order valence-electron chi connectivity index (χ2n) is 6.29. The first-order chi connectivity index (χ1) is 11.9. The van der Waals surface area contributed by atoms with Gasteiger partial charge in [0.1, 0.15) is 16.5 Å². The summed E-state index contributed by atoms with van der Waals surface area (Å²) in [6.07, 6.45) is 3.89.